The van der Waals surface area contributed by atoms with Gasteiger partial charge < -0.3 is 15.5 Å². The smallest absolute Gasteiger partial charge is 0.251 e. The molecule has 0 aliphatic rings. The first-order chi connectivity index (χ1) is 8.97. The molecule has 0 saturated heterocycles. The molecule has 0 aliphatic carbocycles. The topological polar surface area (TPSA) is 68.3 Å². The largest absolute Gasteiger partial charge is 0.465 e. The first-order valence-corrected chi connectivity index (χ1v) is 6.31. The van der Waals surface area contributed by atoms with Crippen molar-refractivity contribution in [1.29, 1.82) is 0 Å². The summed E-state index contributed by atoms with van der Waals surface area (Å²) in [5.74, 6) is 1.18. The van der Waals surface area contributed by atoms with Crippen molar-refractivity contribution in [3.63, 3.8) is 0 Å². The van der Waals surface area contributed by atoms with Gasteiger partial charge in [0, 0.05) is 5.56 Å². The molecule has 3 N–H and O–H groups in total. The predicted octanol–water partition coefficient (Wildman–Crippen LogP) is 3.41. The van der Waals surface area contributed by atoms with E-state index in [1.807, 2.05) is 13.0 Å². The van der Waals surface area contributed by atoms with Crippen LogP contribution in [0.5, 0.6) is 0 Å². The number of amides is 1. The molecule has 0 unspecified atom stereocenters. The quantitative estimate of drug-likeness (QED) is 0.853. The highest BCUT2D eigenvalue weighted by Gasteiger charge is 2.11. The molecule has 2 aromatic rings. The van der Waals surface area contributed by atoms with Gasteiger partial charge in [0.1, 0.15) is 11.5 Å². The van der Waals surface area contributed by atoms with Gasteiger partial charge >= 0.3 is 0 Å². The molecular weight excluding hydrogens is 287 g/mol. The van der Waals surface area contributed by atoms with Crippen LogP contribution in [0.4, 0.5) is 5.69 Å². The maximum absolute atomic E-state index is 11.9. The summed E-state index contributed by atoms with van der Waals surface area (Å²) in [5.41, 5.74) is 6.28. The van der Waals surface area contributed by atoms with Crippen LogP contribution in [0.3, 0.4) is 0 Å². The van der Waals surface area contributed by atoms with Gasteiger partial charge in [0.2, 0.25) is 0 Å². The van der Waals surface area contributed by atoms with Gasteiger partial charge in [-0.25, -0.2) is 0 Å². The second-order valence-corrected chi connectivity index (χ2v) is 4.84. The summed E-state index contributed by atoms with van der Waals surface area (Å²) in [6, 6.07) is 6.59. The van der Waals surface area contributed by atoms with Gasteiger partial charge in [0.15, 0.2) is 0 Å². The fourth-order valence-corrected chi connectivity index (χ4v) is 1.93. The Morgan fingerprint density at radius 1 is 1.37 bits per heavy atom. The van der Waals surface area contributed by atoms with Crippen LogP contribution in [0, 0.1) is 6.92 Å². The molecule has 1 heterocycles. The molecule has 100 valence electrons. The molecule has 0 aliphatic heterocycles. The normalized spacial score (nSPS) is 10.5. The average molecular weight is 299 g/mol. The van der Waals surface area contributed by atoms with E-state index in [0.29, 0.717) is 17.9 Å². The zero-order valence-corrected chi connectivity index (χ0v) is 11.7. The van der Waals surface area contributed by atoms with E-state index in [4.69, 9.17) is 33.4 Å². The Kier molecular flexibility index (Phi) is 4.02. The summed E-state index contributed by atoms with van der Waals surface area (Å²) >= 11 is 11.7. The molecule has 0 bridgehead atoms. The van der Waals surface area contributed by atoms with Crippen LogP contribution in [0.25, 0.3) is 0 Å². The number of benzene rings is 1. The van der Waals surface area contributed by atoms with Gasteiger partial charge in [0.05, 0.1) is 22.3 Å². The predicted molar refractivity (Wildman–Crippen MR) is 75.5 cm³/mol. The minimum atomic E-state index is -0.292. The molecule has 0 spiro atoms. The Hall–Kier alpha value is -1.65. The summed E-state index contributed by atoms with van der Waals surface area (Å²) < 4.78 is 5.35. The monoisotopic (exact) mass is 298 g/mol. The first-order valence-electron chi connectivity index (χ1n) is 5.55. The summed E-state index contributed by atoms with van der Waals surface area (Å²) in [6.07, 6.45) is 0. The molecule has 4 nitrogen and oxygen atoms in total. The third-order valence-electron chi connectivity index (χ3n) is 2.54. The van der Waals surface area contributed by atoms with Gasteiger partial charge in [-0.2, -0.15) is 0 Å². The van der Waals surface area contributed by atoms with Crippen molar-refractivity contribution in [2.75, 3.05) is 5.73 Å². The number of nitrogen functional groups attached to an aromatic ring is 1. The van der Waals surface area contributed by atoms with E-state index in [1.165, 1.54) is 12.1 Å². The second-order valence-electron chi connectivity index (χ2n) is 4.06. The fraction of sp³-hybridized carbons (Fsp3) is 0.154. The zero-order chi connectivity index (χ0) is 14.0. The third-order valence-corrected chi connectivity index (χ3v) is 3.35. The SMILES string of the molecule is Cc1ccc(CNC(=O)c2cc(N)c(Cl)c(Cl)c2)o1. The van der Waals surface area contributed by atoms with Gasteiger partial charge in [-0.3, -0.25) is 4.79 Å². The van der Waals surface area contributed by atoms with Crippen molar-refractivity contribution in [1.82, 2.24) is 5.32 Å². The molecule has 0 atom stereocenters. The Balaban J connectivity index is 2.08. The number of halogens is 2. The van der Waals surface area contributed by atoms with Crippen molar-refractivity contribution < 1.29 is 9.21 Å². The lowest BCUT2D eigenvalue weighted by molar-refractivity contribution is 0.0948. The molecule has 2 rings (SSSR count). The number of nitrogens with one attached hydrogen (secondary N) is 1. The van der Waals surface area contributed by atoms with Crippen LogP contribution >= 0.6 is 23.2 Å². The number of nitrogens with two attached hydrogens (primary N) is 1. The number of hydrogen-bond acceptors (Lipinski definition) is 3. The second kappa shape index (κ2) is 5.55. The number of anilines is 1. The van der Waals surface area contributed by atoms with E-state index in [9.17, 15) is 4.79 Å². The van der Waals surface area contributed by atoms with E-state index < -0.39 is 0 Å². The first kappa shape index (κ1) is 13.8. The molecule has 19 heavy (non-hydrogen) atoms. The summed E-state index contributed by atoms with van der Waals surface area (Å²) in [5, 5.41) is 3.21. The highest BCUT2D eigenvalue weighted by molar-refractivity contribution is 6.43. The van der Waals surface area contributed by atoms with E-state index in [2.05, 4.69) is 5.32 Å². The number of hydrogen-bond donors (Lipinski definition) is 2. The highest BCUT2D eigenvalue weighted by atomic mass is 35.5. The van der Waals surface area contributed by atoms with E-state index in [0.717, 1.165) is 5.76 Å². The number of rotatable bonds is 3. The molecule has 0 radical (unpaired) electrons. The average Bonchev–Trinajstić information content (AvgIpc) is 2.78. The standard InChI is InChI=1S/C13H12Cl2N2O2/c1-7-2-3-9(19-7)6-17-13(18)8-4-10(14)12(15)11(16)5-8/h2-5H,6,16H2,1H3,(H,17,18). The third kappa shape index (κ3) is 3.22. The maximum Gasteiger partial charge on any atom is 0.251 e. The molecule has 1 amide bonds. The Bertz CT molecular complexity index is 600. The number of carbonyl (C=O) groups is 1. The van der Waals surface area contributed by atoms with Crippen LogP contribution in [-0.2, 0) is 6.54 Å². The maximum atomic E-state index is 11.9. The lowest BCUT2D eigenvalue weighted by Crippen LogP contribution is -2.22. The Morgan fingerprint density at radius 3 is 2.68 bits per heavy atom. The van der Waals surface area contributed by atoms with Crippen LogP contribution < -0.4 is 11.1 Å². The Labute approximate surface area is 120 Å². The van der Waals surface area contributed by atoms with Gasteiger partial charge in [0.25, 0.3) is 5.91 Å². The zero-order valence-electron chi connectivity index (χ0n) is 10.2. The van der Waals surface area contributed by atoms with E-state index in [-0.39, 0.29) is 21.6 Å². The molecule has 0 saturated carbocycles. The Morgan fingerprint density at radius 2 is 2.11 bits per heavy atom. The van der Waals surface area contributed by atoms with Crippen LogP contribution in [0.2, 0.25) is 10.0 Å². The summed E-state index contributed by atoms with van der Waals surface area (Å²) in [7, 11) is 0. The van der Waals surface area contributed by atoms with Crippen molar-refractivity contribution in [2.24, 2.45) is 0 Å². The number of aryl methyl sites for hydroxylation is 1. The lowest BCUT2D eigenvalue weighted by atomic mass is 10.2. The molecule has 0 fully saturated rings. The minimum absolute atomic E-state index is 0.250. The van der Waals surface area contributed by atoms with Crippen LogP contribution in [0.1, 0.15) is 21.9 Å². The van der Waals surface area contributed by atoms with Crippen molar-refractivity contribution in [2.45, 2.75) is 13.5 Å². The van der Waals surface area contributed by atoms with Crippen LogP contribution in [0.15, 0.2) is 28.7 Å². The van der Waals surface area contributed by atoms with Gasteiger partial charge in [-0.05, 0) is 31.2 Å². The lowest BCUT2D eigenvalue weighted by Gasteiger charge is -2.07. The number of carbonyl (C=O) groups excluding carboxylic acids is 1. The van der Waals surface area contributed by atoms with Crippen molar-refractivity contribution in [3.8, 4) is 0 Å². The van der Waals surface area contributed by atoms with Crippen molar-refractivity contribution >= 4 is 34.8 Å². The molecule has 6 heteroatoms. The van der Waals surface area contributed by atoms with Crippen LogP contribution in [-0.4, -0.2) is 5.91 Å². The van der Waals surface area contributed by atoms with E-state index >= 15 is 0 Å². The molecular formula is C13H12Cl2N2O2. The number of furan rings is 1. The van der Waals surface area contributed by atoms with Crippen molar-refractivity contribution in [3.05, 3.63) is 51.4 Å². The van der Waals surface area contributed by atoms with Gasteiger partial charge in [-0.15, -0.1) is 0 Å². The van der Waals surface area contributed by atoms with E-state index in [1.54, 1.807) is 6.07 Å². The highest BCUT2D eigenvalue weighted by Crippen LogP contribution is 2.29. The summed E-state index contributed by atoms with van der Waals surface area (Å²) in [6.45, 7) is 2.14. The molecule has 1 aromatic carbocycles. The molecule has 1 aromatic heterocycles. The van der Waals surface area contributed by atoms with Gasteiger partial charge in [-0.1, -0.05) is 23.2 Å². The fourth-order valence-electron chi connectivity index (χ4n) is 1.59. The minimum Gasteiger partial charge on any atom is -0.465 e. The summed E-state index contributed by atoms with van der Waals surface area (Å²) in [4.78, 5) is 11.9.